The van der Waals surface area contributed by atoms with E-state index in [9.17, 15) is 8.78 Å². The van der Waals surface area contributed by atoms with Crippen LogP contribution < -0.4 is 11.3 Å². The number of nitrogens with one attached hydrogen (secondary N) is 1. The summed E-state index contributed by atoms with van der Waals surface area (Å²) in [5, 5.41) is 0. The van der Waals surface area contributed by atoms with Gasteiger partial charge in [0.05, 0.1) is 0 Å². The van der Waals surface area contributed by atoms with Crippen molar-refractivity contribution in [2.75, 3.05) is 13.2 Å². The summed E-state index contributed by atoms with van der Waals surface area (Å²) >= 11 is 0. The van der Waals surface area contributed by atoms with Gasteiger partial charge in [-0.1, -0.05) is 0 Å². The molecular weight excluding hydrogens is 242 g/mol. The van der Waals surface area contributed by atoms with Gasteiger partial charge < -0.3 is 9.30 Å². The van der Waals surface area contributed by atoms with Crippen LogP contribution in [0.1, 0.15) is 19.2 Å². The molecule has 0 aliphatic carbocycles. The molecule has 3 N–H and O–H groups in total. The van der Waals surface area contributed by atoms with Crippen molar-refractivity contribution in [3.8, 4) is 0 Å². The quantitative estimate of drug-likeness (QED) is 0.395. The largest absolute Gasteiger partial charge is 0.375 e. The number of aromatic nitrogens is 2. The lowest BCUT2D eigenvalue weighted by molar-refractivity contribution is 0.0143. The molecule has 1 unspecified atom stereocenters. The first kappa shape index (κ1) is 15.0. The van der Waals surface area contributed by atoms with Crippen molar-refractivity contribution in [1.29, 1.82) is 0 Å². The summed E-state index contributed by atoms with van der Waals surface area (Å²) < 4.78 is 30.6. The molecule has 1 aromatic heterocycles. The van der Waals surface area contributed by atoms with Gasteiger partial charge in [-0.05, 0) is 13.3 Å². The summed E-state index contributed by atoms with van der Waals surface area (Å²) in [5.41, 5.74) is 2.66. The van der Waals surface area contributed by atoms with Crippen LogP contribution in [0.5, 0.6) is 0 Å². The maximum absolute atomic E-state index is 11.9. The Morgan fingerprint density at radius 2 is 2.33 bits per heavy atom. The standard InChI is InChI=1S/C11H20F2N4O/c1-2-17-5-4-15-11(17)7-9(16-14)3-6-18-8-10(12)13/h4-5,9-10,16H,2-3,6-8,14H2,1H3. The molecule has 0 radical (unpaired) electrons. The van der Waals surface area contributed by atoms with Crippen LogP contribution in [0.2, 0.25) is 0 Å². The molecule has 1 atom stereocenters. The molecule has 0 aromatic carbocycles. The van der Waals surface area contributed by atoms with E-state index in [1.807, 2.05) is 17.7 Å². The van der Waals surface area contributed by atoms with E-state index in [4.69, 9.17) is 10.6 Å². The average Bonchev–Trinajstić information content (AvgIpc) is 2.79. The van der Waals surface area contributed by atoms with Gasteiger partial charge in [-0.2, -0.15) is 0 Å². The van der Waals surface area contributed by atoms with Crippen LogP contribution in [-0.4, -0.2) is 35.2 Å². The zero-order valence-corrected chi connectivity index (χ0v) is 10.5. The van der Waals surface area contributed by atoms with Gasteiger partial charge in [0.15, 0.2) is 0 Å². The topological polar surface area (TPSA) is 65.1 Å². The minimum Gasteiger partial charge on any atom is -0.375 e. The number of hydrazine groups is 1. The molecule has 0 bridgehead atoms. The lowest BCUT2D eigenvalue weighted by Crippen LogP contribution is -2.38. The zero-order valence-electron chi connectivity index (χ0n) is 10.5. The Morgan fingerprint density at radius 1 is 1.56 bits per heavy atom. The molecule has 0 fully saturated rings. The summed E-state index contributed by atoms with van der Waals surface area (Å²) in [7, 11) is 0. The van der Waals surface area contributed by atoms with Gasteiger partial charge >= 0.3 is 0 Å². The molecule has 1 heterocycles. The van der Waals surface area contributed by atoms with Crippen molar-refractivity contribution >= 4 is 0 Å². The highest BCUT2D eigenvalue weighted by molar-refractivity contribution is 4.95. The molecule has 0 amide bonds. The van der Waals surface area contributed by atoms with Crippen molar-refractivity contribution in [1.82, 2.24) is 15.0 Å². The third kappa shape index (κ3) is 5.07. The van der Waals surface area contributed by atoms with Crippen LogP contribution in [-0.2, 0) is 17.7 Å². The lowest BCUT2D eigenvalue weighted by Gasteiger charge is -2.16. The number of ether oxygens (including phenoxy) is 1. The second-order valence-electron chi connectivity index (χ2n) is 3.95. The summed E-state index contributed by atoms with van der Waals surface area (Å²) in [6, 6.07) is -0.0321. The first-order valence-electron chi connectivity index (χ1n) is 5.99. The number of halogens is 2. The summed E-state index contributed by atoms with van der Waals surface area (Å²) in [5.74, 6) is 6.36. The number of imidazole rings is 1. The number of nitrogens with zero attached hydrogens (tertiary/aromatic N) is 2. The molecule has 104 valence electrons. The predicted octanol–water partition coefficient (Wildman–Crippen LogP) is 0.949. The minimum absolute atomic E-state index is 0.0321. The first-order valence-corrected chi connectivity index (χ1v) is 5.99. The highest BCUT2D eigenvalue weighted by Crippen LogP contribution is 2.05. The second-order valence-corrected chi connectivity index (χ2v) is 3.95. The Kier molecular flexibility index (Phi) is 6.77. The van der Waals surface area contributed by atoms with Crippen molar-refractivity contribution in [3.05, 3.63) is 18.2 Å². The van der Waals surface area contributed by atoms with Crippen LogP contribution in [0.15, 0.2) is 12.4 Å². The molecule has 18 heavy (non-hydrogen) atoms. The second kappa shape index (κ2) is 8.12. The molecule has 0 saturated heterocycles. The number of hydrogen-bond donors (Lipinski definition) is 2. The third-order valence-corrected chi connectivity index (χ3v) is 2.66. The Morgan fingerprint density at radius 3 is 2.94 bits per heavy atom. The van der Waals surface area contributed by atoms with Gasteiger partial charge in [0, 0.05) is 38.0 Å². The number of nitrogens with two attached hydrogens (primary N) is 1. The Hall–Kier alpha value is -1.05. The van der Waals surface area contributed by atoms with Gasteiger partial charge in [0.1, 0.15) is 12.4 Å². The van der Waals surface area contributed by atoms with Crippen LogP contribution in [0.25, 0.3) is 0 Å². The third-order valence-electron chi connectivity index (χ3n) is 2.66. The summed E-state index contributed by atoms with van der Waals surface area (Å²) in [4.78, 5) is 4.24. The van der Waals surface area contributed by atoms with E-state index in [1.54, 1.807) is 6.20 Å². The van der Waals surface area contributed by atoms with E-state index in [0.717, 1.165) is 12.4 Å². The fraction of sp³-hybridized carbons (Fsp3) is 0.727. The van der Waals surface area contributed by atoms with E-state index in [0.29, 0.717) is 12.8 Å². The Balaban J connectivity index is 2.33. The van der Waals surface area contributed by atoms with Crippen LogP contribution in [0.3, 0.4) is 0 Å². The normalized spacial score (nSPS) is 13.2. The molecule has 0 saturated carbocycles. The smallest absolute Gasteiger partial charge is 0.261 e. The number of aryl methyl sites for hydroxylation is 1. The van der Waals surface area contributed by atoms with Gasteiger partial charge in [-0.25, -0.2) is 13.8 Å². The van der Waals surface area contributed by atoms with Crippen molar-refractivity contribution in [2.45, 2.75) is 38.8 Å². The number of alkyl halides is 2. The molecule has 1 rings (SSSR count). The first-order chi connectivity index (χ1) is 8.67. The Labute approximate surface area is 105 Å². The Bertz CT molecular complexity index is 333. The van der Waals surface area contributed by atoms with Crippen LogP contribution in [0, 0.1) is 0 Å². The molecule has 7 heteroatoms. The molecule has 0 spiro atoms. The highest BCUT2D eigenvalue weighted by Gasteiger charge is 2.12. The number of rotatable bonds is 9. The predicted molar refractivity (Wildman–Crippen MR) is 64.2 cm³/mol. The SMILES string of the molecule is CCn1ccnc1CC(CCOCC(F)F)NN. The fourth-order valence-corrected chi connectivity index (χ4v) is 1.68. The fourth-order valence-electron chi connectivity index (χ4n) is 1.68. The van der Waals surface area contributed by atoms with E-state index >= 15 is 0 Å². The van der Waals surface area contributed by atoms with E-state index in [2.05, 4.69) is 10.4 Å². The maximum Gasteiger partial charge on any atom is 0.261 e. The van der Waals surface area contributed by atoms with Gasteiger partial charge in [-0.15, -0.1) is 0 Å². The van der Waals surface area contributed by atoms with Crippen molar-refractivity contribution in [3.63, 3.8) is 0 Å². The monoisotopic (exact) mass is 262 g/mol. The van der Waals surface area contributed by atoms with Crippen LogP contribution in [0.4, 0.5) is 8.78 Å². The minimum atomic E-state index is -2.42. The van der Waals surface area contributed by atoms with Crippen LogP contribution >= 0.6 is 0 Å². The van der Waals surface area contributed by atoms with Gasteiger partial charge in [-0.3, -0.25) is 11.3 Å². The highest BCUT2D eigenvalue weighted by atomic mass is 19.3. The van der Waals surface area contributed by atoms with Crippen molar-refractivity contribution < 1.29 is 13.5 Å². The molecule has 1 aromatic rings. The van der Waals surface area contributed by atoms with Crippen molar-refractivity contribution in [2.24, 2.45) is 5.84 Å². The van der Waals surface area contributed by atoms with E-state index < -0.39 is 13.0 Å². The van der Waals surface area contributed by atoms with Gasteiger partial charge in [0.25, 0.3) is 6.43 Å². The molecule has 5 nitrogen and oxygen atoms in total. The summed E-state index contributed by atoms with van der Waals surface area (Å²) in [6.45, 7) is 2.60. The molecule has 0 aliphatic rings. The number of hydrogen-bond acceptors (Lipinski definition) is 4. The van der Waals surface area contributed by atoms with E-state index in [1.165, 1.54) is 0 Å². The zero-order chi connectivity index (χ0) is 13.4. The van der Waals surface area contributed by atoms with E-state index in [-0.39, 0.29) is 12.6 Å². The molecular formula is C11H20F2N4O. The average molecular weight is 262 g/mol. The van der Waals surface area contributed by atoms with Gasteiger partial charge in [0.2, 0.25) is 0 Å². The lowest BCUT2D eigenvalue weighted by atomic mass is 10.1. The summed E-state index contributed by atoms with van der Waals surface area (Å²) in [6.07, 6.45) is 2.43. The maximum atomic E-state index is 11.9. The molecule has 0 aliphatic heterocycles.